The summed E-state index contributed by atoms with van der Waals surface area (Å²) in [7, 11) is 0. The number of carbonyl (C=O) groups is 2. The molecule has 0 spiro atoms. The molecule has 1 aromatic heterocycles. The summed E-state index contributed by atoms with van der Waals surface area (Å²) in [4.78, 5) is 39.8. The van der Waals surface area contributed by atoms with Crippen molar-refractivity contribution in [1.82, 2.24) is 10.3 Å². The zero-order valence-corrected chi connectivity index (χ0v) is 15.8. The first-order valence-electron chi connectivity index (χ1n) is 9.11. The van der Waals surface area contributed by atoms with Crippen LogP contribution in [-0.4, -0.2) is 23.0 Å². The number of nitrogens with one attached hydrogen (secondary N) is 2. The standard InChI is InChI=1S/C22H22N2O4/c1-14(2)28-20(25)13-18(15-8-4-3-5-9-15)23-22(27)19-12-16-10-6-7-11-17(16)21(26)24-19/h3-12,14,18H,13H2,1-2H3,(H,23,27)(H,24,26). The van der Waals surface area contributed by atoms with Crippen molar-refractivity contribution in [3.8, 4) is 0 Å². The molecule has 0 saturated carbocycles. The number of fused-ring (bicyclic) bond motifs is 1. The zero-order valence-electron chi connectivity index (χ0n) is 15.8. The Balaban J connectivity index is 1.86. The van der Waals surface area contributed by atoms with Gasteiger partial charge in [0.25, 0.3) is 11.5 Å². The first-order chi connectivity index (χ1) is 13.4. The quantitative estimate of drug-likeness (QED) is 0.644. The highest BCUT2D eigenvalue weighted by molar-refractivity contribution is 5.96. The third-order valence-corrected chi connectivity index (χ3v) is 4.24. The minimum Gasteiger partial charge on any atom is -0.463 e. The predicted molar refractivity (Wildman–Crippen MR) is 107 cm³/mol. The van der Waals surface area contributed by atoms with Crippen molar-refractivity contribution in [3.05, 3.63) is 82.3 Å². The molecule has 2 N–H and O–H groups in total. The number of pyridine rings is 1. The fourth-order valence-electron chi connectivity index (χ4n) is 2.98. The maximum Gasteiger partial charge on any atom is 0.308 e. The number of aromatic amines is 1. The van der Waals surface area contributed by atoms with Crippen molar-refractivity contribution in [2.75, 3.05) is 0 Å². The number of hydrogen-bond acceptors (Lipinski definition) is 4. The van der Waals surface area contributed by atoms with E-state index in [1.54, 1.807) is 44.2 Å². The Morgan fingerprint density at radius 2 is 1.71 bits per heavy atom. The van der Waals surface area contributed by atoms with Crippen molar-refractivity contribution in [1.29, 1.82) is 0 Å². The topological polar surface area (TPSA) is 88.3 Å². The molecule has 0 aliphatic rings. The molecule has 1 heterocycles. The molecule has 0 saturated heterocycles. The summed E-state index contributed by atoms with van der Waals surface area (Å²) in [6, 6.07) is 17.3. The molecule has 6 heteroatoms. The zero-order chi connectivity index (χ0) is 20.1. The first-order valence-corrected chi connectivity index (χ1v) is 9.11. The van der Waals surface area contributed by atoms with Crippen LogP contribution in [0.25, 0.3) is 10.8 Å². The number of ether oxygens (including phenoxy) is 1. The van der Waals surface area contributed by atoms with Crippen LogP contribution in [0.1, 0.15) is 42.4 Å². The van der Waals surface area contributed by atoms with Gasteiger partial charge in [-0.2, -0.15) is 0 Å². The molecule has 6 nitrogen and oxygen atoms in total. The summed E-state index contributed by atoms with van der Waals surface area (Å²) in [5.74, 6) is -0.870. The summed E-state index contributed by atoms with van der Waals surface area (Å²) >= 11 is 0. The van der Waals surface area contributed by atoms with E-state index in [2.05, 4.69) is 10.3 Å². The van der Waals surface area contributed by atoms with Gasteiger partial charge in [-0.05, 0) is 36.9 Å². The average Bonchev–Trinajstić information content (AvgIpc) is 2.67. The molecule has 1 atom stereocenters. The molecule has 1 amide bonds. The third-order valence-electron chi connectivity index (χ3n) is 4.24. The van der Waals surface area contributed by atoms with Crippen molar-refractivity contribution in [2.24, 2.45) is 0 Å². The van der Waals surface area contributed by atoms with Crippen LogP contribution < -0.4 is 10.9 Å². The normalized spacial score (nSPS) is 12.0. The lowest BCUT2D eigenvalue weighted by atomic mass is 10.0. The fraction of sp³-hybridized carbons (Fsp3) is 0.227. The monoisotopic (exact) mass is 378 g/mol. The van der Waals surface area contributed by atoms with Gasteiger partial charge < -0.3 is 15.0 Å². The van der Waals surface area contributed by atoms with E-state index in [0.717, 1.165) is 5.56 Å². The Hall–Kier alpha value is -3.41. The van der Waals surface area contributed by atoms with Crippen molar-refractivity contribution in [2.45, 2.75) is 32.4 Å². The van der Waals surface area contributed by atoms with E-state index in [4.69, 9.17) is 4.74 Å². The largest absolute Gasteiger partial charge is 0.463 e. The van der Waals surface area contributed by atoms with Crippen LogP contribution in [-0.2, 0) is 9.53 Å². The van der Waals surface area contributed by atoms with Gasteiger partial charge in [0, 0.05) is 5.39 Å². The Morgan fingerprint density at radius 1 is 1.04 bits per heavy atom. The SMILES string of the molecule is CC(C)OC(=O)CC(NC(=O)c1cc2ccccc2c(=O)[nH]1)c1ccccc1. The van der Waals surface area contributed by atoms with Gasteiger partial charge in [-0.25, -0.2) is 0 Å². The van der Waals surface area contributed by atoms with Crippen molar-refractivity contribution < 1.29 is 14.3 Å². The van der Waals surface area contributed by atoms with Crippen LogP contribution in [0, 0.1) is 0 Å². The molecule has 28 heavy (non-hydrogen) atoms. The molecule has 2 aromatic carbocycles. The van der Waals surface area contributed by atoms with Gasteiger partial charge in [-0.15, -0.1) is 0 Å². The Bertz CT molecular complexity index is 1040. The van der Waals surface area contributed by atoms with Crippen molar-refractivity contribution >= 4 is 22.6 Å². The van der Waals surface area contributed by atoms with Crippen LogP contribution in [0.15, 0.2) is 65.5 Å². The van der Waals surface area contributed by atoms with E-state index < -0.39 is 17.9 Å². The van der Waals surface area contributed by atoms with E-state index in [0.29, 0.717) is 10.8 Å². The molecule has 1 unspecified atom stereocenters. The summed E-state index contributed by atoms with van der Waals surface area (Å²) in [5.41, 5.74) is 0.584. The molecule has 3 rings (SSSR count). The highest BCUT2D eigenvalue weighted by atomic mass is 16.5. The minimum absolute atomic E-state index is 0.00819. The minimum atomic E-state index is -0.574. The Kier molecular flexibility index (Phi) is 5.89. The molecule has 144 valence electrons. The number of rotatable bonds is 6. The van der Waals surface area contributed by atoms with Crippen LogP contribution in [0.4, 0.5) is 0 Å². The van der Waals surface area contributed by atoms with Gasteiger partial charge in [0.2, 0.25) is 0 Å². The number of benzene rings is 2. The lowest BCUT2D eigenvalue weighted by molar-refractivity contribution is -0.147. The van der Waals surface area contributed by atoms with Gasteiger partial charge in [0.15, 0.2) is 0 Å². The molecule has 0 aliphatic carbocycles. The molecular weight excluding hydrogens is 356 g/mol. The number of amides is 1. The van der Waals surface area contributed by atoms with Gasteiger partial charge >= 0.3 is 5.97 Å². The van der Waals surface area contributed by atoms with Crippen molar-refractivity contribution in [3.63, 3.8) is 0 Å². The van der Waals surface area contributed by atoms with Crippen LogP contribution in [0.5, 0.6) is 0 Å². The molecule has 0 bridgehead atoms. The van der Waals surface area contributed by atoms with E-state index in [9.17, 15) is 14.4 Å². The maximum atomic E-state index is 12.8. The van der Waals surface area contributed by atoms with Crippen LogP contribution >= 0.6 is 0 Å². The summed E-state index contributed by atoms with van der Waals surface area (Å²) in [6.45, 7) is 3.54. The van der Waals surface area contributed by atoms with Gasteiger partial charge in [-0.1, -0.05) is 48.5 Å². The lowest BCUT2D eigenvalue weighted by Crippen LogP contribution is -2.32. The average molecular weight is 378 g/mol. The highest BCUT2D eigenvalue weighted by Crippen LogP contribution is 2.19. The lowest BCUT2D eigenvalue weighted by Gasteiger charge is -2.19. The van der Waals surface area contributed by atoms with E-state index >= 15 is 0 Å². The highest BCUT2D eigenvalue weighted by Gasteiger charge is 2.21. The second-order valence-electron chi connectivity index (χ2n) is 6.78. The number of aromatic nitrogens is 1. The molecule has 3 aromatic rings. The van der Waals surface area contributed by atoms with Crippen LogP contribution in [0.2, 0.25) is 0 Å². The van der Waals surface area contributed by atoms with E-state index in [1.165, 1.54) is 0 Å². The number of H-pyrrole nitrogens is 1. The second kappa shape index (κ2) is 8.52. The van der Waals surface area contributed by atoms with Gasteiger partial charge in [-0.3, -0.25) is 14.4 Å². The van der Waals surface area contributed by atoms with Gasteiger partial charge in [0.1, 0.15) is 5.69 Å². The maximum absolute atomic E-state index is 12.8. The molecule has 0 aliphatic heterocycles. The van der Waals surface area contributed by atoms with E-state index in [-0.39, 0.29) is 23.8 Å². The number of hydrogen-bond donors (Lipinski definition) is 2. The third kappa shape index (κ3) is 4.65. The summed E-state index contributed by atoms with van der Waals surface area (Å²) in [5, 5.41) is 4.02. The number of esters is 1. The number of carbonyl (C=O) groups excluding carboxylic acids is 2. The first kappa shape index (κ1) is 19.4. The fourth-order valence-corrected chi connectivity index (χ4v) is 2.98. The summed E-state index contributed by atoms with van der Waals surface area (Å²) < 4.78 is 5.22. The second-order valence-corrected chi connectivity index (χ2v) is 6.78. The molecule has 0 fully saturated rings. The molecule has 0 radical (unpaired) electrons. The van der Waals surface area contributed by atoms with Gasteiger partial charge in [0.05, 0.1) is 18.6 Å². The molecular formula is C22H22N2O4. The predicted octanol–water partition coefficient (Wildman–Crippen LogP) is 3.34. The Morgan fingerprint density at radius 3 is 2.43 bits per heavy atom. The van der Waals surface area contributed by atoms with E-state index in [1.807, 2.05) is 30.3 Å². The van der Waals surface area contributed by atoms with Crippen LogP contribution in [0.3, 0.4) is 0 Å². The summed E-state index contributed by atoms with van der Waals surface area (Å²) in [6.07, 6.45) is -0.248. The Labute approximate surface area is 162 Å². The smallest absolute Gasteiger partial charge is 0.308 e.